The summed E-state index contributed by atoms with van der Waals surface area (Å²) < 4.78 is 4.96. The van der Waals surface area contributed by atoms with Gasteiger partial charge in [-0.3, -0.25) is 4.79 Å². The smallest absolute Gasteiger partial charge is 0.243 e. The molecule has 0 N–H and O–H groups in total. The van der Waals surface area contributed by atoms with Crippen LogP contribution in [0, 0.1) is 0 Å². The van der Waals surface area contributed by atoms with Gasteiger partial charge >= 0.3 is 0 Å². The first-order chi connectivity index (χ1) is 6.43. The van der Waals surface area contributed by atoms with Gasteiger partial charge in [-0.2, -0.15) is 12.6 Å². The van der Waals surface area contributed by atoms with Gasteiger partial charge in [0.15, 0.2) is 0 Å². The second-order valence-electron chi connectivity index (χ2n) is 3.38. The normalized spacial score (nSPS) is 13.7. The molecule has 5 heteroatoms. The van der Waals surface area contributed by atoms with Crippen molar-refractivity contribution >= 4 is 38.1 Å². The highest BCUT2D eigenvalue weighted by Gasteiger charge is 2.24. The highest BCUT2D eigenvalue weighted by Crippen LogP contribution is 2.38. The molecule has 0 saturated carbocycles. The molecule has 0 amide bonds. The number of ether oxygens (including phenoxy) is 1. The standard InChI is InChI=1S/C9H19BO2S2/c1-4-9(13,5-2)14-7(3)6-12-8(10)11/h7,13H,4-6,10H2,1-3H3/t7-/m0/s1. The van der Waals surface area contributed by atoms with Crippen LogP contribution in [0.2, 0.25) is 0 Å². The first-order valence-electron chi connectivity index (χ1n) is 4.97. The number of rotatable bonds is 6. The van der Waals surface area contributed by atoms with Crippen LogP contribution in [0.25, 0.3) is 0 Å². The van der Waals surface area contributed by atoms with E-state index in [0.717, 1.165) is 12.8 Å². The van der Waals surface area contributed by atoms with Crippen LogP contribution in [0.1, 0.15) is 33.6 Å². The van der Waals surface area contributed by atoms with Gasteiger partial charge in [0.25, 0.3) is 0 Å². The molecule has 1 atom stereocenters. The Bertz CT molecular complexity index is 184. The Kier molecular flexibility index (Phi) is 6.78. The summed E-state index contributed by atoms with van der Waals surface area (Å²) in [6.07, 6.45) is 2.03. The summed E-state index contributed by atoms with van der Waals surface area (Å²) in [5.74, 6) is -0.213. The number of carbonyl (C=O) groups excluding carboxylic acids is 1. The van der Waals surface area contributed by atoms with E-state index in [-0.39, 0.29) is 9.95 Å². The van der Waals surface area contributed by atoms with Gasteiger partial charge in [0, 0.05) is 5.25 Å². The number of hydrogen-bond acceptors (Lipinski definition) is 4. The van der Waals surface area contributed by atoms with Crippen LogP contribution in [0.4, 0.5) is 4.79 Å². The summed E-state index contributed by atoms with van der Waals surface area (Å²) in [6, 6.07) is 0. The summed E-state index contributed by atoms with van der Waals surface area (Å²) in [4.78, 5) is 10.6. The molecule has 0 aliphatic heterocycles. The number of hydrogen-bond donors (Lipinski definition) is 1. The van der Waals surface area contributed by atoms with E-state index in [0.29, 0.717) is 11.9 Å². The van der Waals surface area contributed by atoms with Crippen LogP contribution < -0.4 is 0 Å². The molecule has 0 spiro atoms. The second-order valence-corrected chi connectivity index (χ2v) is 6.36. The predicted molar refractivity (Wildman–Crippen MR) is 69.2 cm³/mol. The van der Waals surface area contributed by atoms with E-state index in [1.54, 1.807) is 11.8 Å². The van der Waals surface area contributed by atoms with E-state index < -0.39 is 0 Å². The van der Waals surface area contributed by atoms with Gasteiger partial charge in [0.1, 0.15) is 6.61 Å². The van der Waals surface area contributed by atoms with Crippen LogP contribution >= 0.6 is 24.4 Å². The molecule has 0 aromatic carbocycles. The fourth-order valence-electron chi connectivity index (χ4n) is 1.06. The maximum absolute atomic E-state index is 10.6. The fourth-order valence-corrected chi connectivity index (χ4v) is 2.82. The molecular formula is C9H19BO2S2. The minimum atomic E-state index is -0.213. The van der Waals surface area contributed by atoms with Crippen molar-refractivity contribution in [3.05, 3.63) is 0 Å². The average molecular weight is 234 g/mol. The average Bonchev–Trinajstić information content (AvgIpc) is 2.14. The molecule has 0 fully saturated rings. The van der Waals surface area contributed by atoms with Crippen molar-refractivity contribution in [3.63, 3.8) is 0 Å². The van der Waals surface area contributed by atoms with Gasteiger partial charge in [-0.15, -0.1) is 11.8 Å². The Balaban J connectivity index is 3.90. The van der Waals surface area contributed by atoms with Crippen LogP contribution in [0.3, 0.4) is 0 Å². The Hall–Kier alpha value is 0.235. The van der Waals surface area contributed by atoms with Gasteiger partial charge < -0.3 is 4.74 Å². The van der Waals surface area contributed by atoms with E-state index >= 15 is 0 Å². The Morgan fingerprint density at radius 2 is 2.07 bits per heavy atom. The second kappa shape index (κ2) is 6.67. The molecule has 0 radical (unpaired) electrons. The highest BCUT2D eigenvalue weighted by atomic mass is 32.2. The summed E-state index contributed by atoms with van der Waals surface area (Å²) in [6.45, 7) is 6.79. The third kappa shape index (κ3) is 5.86. The Morgan fingerprint density at radius 3 is 2.43 bits per heavy atom. The molecule has 0 aromatic rings. The zero-order valence-corrected chi connectivity index (χ0v) is 11.1. The topological polar surface area (TPSA) is 26.3 Å². The molecule has 0 aliphatic rings. The molecule has 0 bridgehead atoms. The van der Waals surface area contributed by atoms with Crippen LogP contribution in [0.15, 0.2) is 0 Å². The number of thiol groups is 1. The molecule has 0 heterocycles. The van der Waals surface area contributed by atoms with Crippen LogP contribution in [-0.4, -0.2) is 29.7 Å². The zero-order valence-electron chi connectivity index (χ0n) is 9.37. The molecule has 0 saturated heterocycles. The van der Waals surface area contributed by atoms with Gasteiger partial charge in [0.05, 0.1) is 4.08 Å². The predicted octanol–water partition coefficient (Wildman–Crippen LogP) is 2.32. The van der Waals surface area contributed by atoms with Crippen molar-refractivity contribution in [2.24, 2.45) is 0 Å². The van der Waals surface area contributed by atoms with Gasteiger partial charge in [-0.05, 0) is 19.8 Å². The summed E-state index contributed by atoms with van der Waals surface area (Å²) in [5, 5.41) is 0.302. The molecule has 0 rings (SSSR count). The van der Waals surface area contributed by atoms with Crippen molar-refractivity contribution in [2.75, 3.05) is 6.61 Å². The molecule has 0 aromatic heterocycles. The maximum atomic E-state index is 10.6. The van der Waals surface area contributed by atoms with Crippen LogP contribution in [-0.2, 0) is 4.74 Å². The summed E-state index contributed by atoms with van der Waals surface area (Å²) in [7, 11) is 1.44. The van der Waals surface area contributed by atoms with Crippen molar-refractivity contribution in [1.29, 1.82) is 0 Å². The Morgan fingerprint density at radius 1 is 1.57 bits per heavy atom. The van der Waals surface area contributed by atoms with Gasteiger partial charge in [-0.25, -0.2) is 0 Å². The van der Waals surface area contributed by atoms with Crippen molar-refractivity contribution in [1.82, 2.24) is 0 Å². The quantitative estimate of drug-likeness (QED) is 0.434. The summed E-state index contributed by atoms with van der Waals surface area (Å²) >= 11 is 6.40. The van der Waals surface area contributed by atoms with E-state index in [2.05, 4.69) is 33.4 Å². The number of carbonyl (C=O) groups is 1. The van der Waals surface area contributed by atoms with E-state index in [9.17, 15) is 4.79 Å². The van der Waals surface area contributed by atoms with Gasteiger partial charge in [0.2, 0.25) is 13.7 Å². The Labute approximate surface area is 97.4 Å². The van der Waals surface area contributed by atoms with E-state index in [4.69, 9.17) is 4.74 Å². The van der Waals surface area contributed by atoms with Crippen LogP contribution in [0.5, 0.6) is 0 Å². The number of thioether (sulfide) groups is 1. The molecule has 2 nitrogen and oxygen atoms in total. The summed E-state index contributed by atoms with van der Waals surface area (Å²) in [5.41, 5.74) is 0. The molecular weight excluding hydrogens is 215 g/mol. The largest absolute Gasteiger partial charge is 0.473 e. The fraction of sp³-hybridized carbons (Fsp3) is 0.889. The maximum Gasteiger partial charge on any atom is 0.243 e. The lowest BCUT2D eigenvalue weighted by Crippen LogP contribution is -2.21. The van der Waals surface area contributed by atoms with Gasteiger partial charge in [-0.1, -0.05) is 13.8 Å². The van der Waals surface area contributed by atoms with Crippen molar-refractivity contribution in [3.8, 4) is 0 Å². The van der Waals surface area contributed by atoms with E-state index in [1.807, 2.05) is 0 Å². The lowest BCUT2D eigenvalue weighted by Gasteiger charge is -2.28. The van der Waals surface area contributed by atoms with E-state index in [1.165, 1.54) is 7.85 Å². The first kappa shape index (κ1) is 14.2. The monoisotopic (exact) mass is 234 g/mol. The molecule has 0 aliphatic carbocycles. The molecule has 0 unspecified atom stereocenters. The van der Waals surface area contributed by atoms with Crippen molar-refractivity contribution < 1.29 is 9.53 Å². The third-order valence-electron chi connectivity index (χ3n) is 2.05. The molecule has 14 heavy (non-hydrogen) atoms. The van der Waals surface area contributed by atoms with Crippen molar-refractivity contribution in [2.45, 2.75) is 42.9 Å². The first-order valence-corrected chi connectivity index (χ1v) is 6.29. The third-order valence-corrected chi connectivity index (χ3v) is 4.55. The lowest BCUT2D eigenvalue weighted by molar-refractivity contribution is 0.175. The molecule has 82 valence electrons. The lowest BCUT2D eigenvalue weighted by atomic mass is 10.2. The zero-order chi connectivity index (χ0) is 11.2. The SMILES string of the molecule is BC(=O)OC[C@H](C)SC(S)(CC)CC. The highest BCUT2D eigenvalue weighted by molar-refractivity contribution is 8.11. The minimum absolute atomic E-state index is 0.0135. The minimum Gasteiger partial charge on any atom is -0.473 e.